The van der Waals surface area contributed by atoms with Gasteiger partial charge >= 0.3 is 0 Å². The van der Waals surface area contributed by atoms with Crippen molar-refractivity contribution in [3.05, 3.63) is 54.1 Å². The van der Waals surface area contributed by atoms with Crippen LogP contribution in [0.2, 0.25) is 0 Å². The number of carbonyl (C=O) groups is 2. The molecule has 1 atom stereocenters. The van der Waals surface area contributed by atoms with Crippen molar-refractivity contribution in [1.82, 2.24) is 4.90 Å². The fourth-order valence-corrected chi connectivity index (χ4v) is 4.78. The van der Waals surface area contributed by atoms with Crippen molar-refractivity contribution in [1.29, 1.82) is 0 Å². The number of thioether (sulfide) groups is 1. The first-order valence-corrected chi connectivity index (χ1v) is 9.66. The van der Waals surface area contributed by atoms with Crippen LogP contribution in [0, 0.1) is 6.92 Å². The average Bonchev–Trinajstić information content (AvgIpc) is 3.21. The van der Waals surface area contributed by atoms with Gasteiger partial charge in [0.1, 0.15) is 11.5 Å². The second-order valence-corrected chi connectivity index (χ2v) is 7.94. The van der Waals surface area contributed by atoms with Gasteiger partial charge in [-0.2, -0.15) is 0 Å². The number of benzene rings is 2. The van der Waals surface area contributed by atoms with Gasteiger partial charge in [0.2, 0.25) is 5.91 Å². The van der Waals surface area contributed by atoms with Gasteiger partial charge in [-0.3, -0.25) is 9.59 Å². The average molecular weight is 368 g/mol. The Morgan fingerprint density at radius 3 is 2.46 bits per heavy atom. The first-order valence-electron chi connectivity index (χ1n) is 8.67. The first kappa shape index (κ1) is 17.0. The number of anilines is 1. The van der Waals surface area contributed by atoms with Gasteiger partial charge in [-0.05, 0) is 49.7 Å². The SMILES string of the molecule is Cc1ccc(Oc2ccc(NC(=O)[C@]34CCC(=O)N3CCS4)cc2)cc1. The summed E-state index contributed by atoms with van der Waals surface area (Å²) < 4.78 is 5.81. The van der Waals surface area contributed by atoms with Crippen molar-refractivity contribution in [3.63, 3.8) is 0 Å². The van der Waals surface area contributed by atoms with E-state index in [0.29, 0.717) is 30.8 Å². The highest BCUT2D eigenvalue weighted by molar-refractivity contribution is 8.01. The van der Waals surface area contributed by atoms with Crippen molar-refractivity contribution >= 4 is 29.3 Å². The molecule has 26 heavy (non-hydrogen) atoms. The maximum atomic E-state index is 12.8. The molecule has 1 N–H and O–H groups in total. The molecular weight excluding hydrogens is 348 g/mol. The third-order valence-electron chi connectivity index (χ3n) is 4.79. The molecule has 0 saturated carbocycles. The first-order chi connectivity index (χ1) is 12.6. The lowest BCUT2D eigenvalue weighted by Crippen LogP contribution is -2.48. The number of fused-ring (bicyclic) bond motifs is 1. The van der Waals surface area contributed by atoms with Crippen LogP contribution in [0.5, 0.6) is 11.5 Å². The van der Waals surface area contributed by atoms with Crippen LogP contribution in [0.25, 0.3) is 0 Å². The van der Waals surface area contributed by atoms with Crippen LogP contribution in [0.1, 0.15) is 18.4 Å². The van der Waals surface area contributed by atoms with E-state index in [0.717, 1.165) is 11.5 Å². The lowest BCUT2D eigenvalue weighted by Gasteiger charge is -2.29. The van der Waals surface area contributed by atoms with Gasteiger partial charge in [-0.25, -0.2) is 0 Å². The number of rotatable bonds is 4. The van der Waals surface area contributed by atoms with E-state index in [1.807, 2.05) is 55.5 Å². The third kappa shape index (κ3) is 3.05. The molecule has 0 spiro atoms. The van der Waals surface area contributed by atoms with Crippen LogP contribution < -0.4 is 10.1 Å². The summed E-state index contributed by atoms with van der Waals surface area (Å²) in [6.07, 6.45) is 1.03. The summed E-state index contributed by atoms with van der Waals surface area (Å²) in [4.78, 5) is 25.8. The number of hydrogen-bond acceptors (Lipinski definition) is 4. The molecule has 0 radical (unpaired) electrons. The summed E-state index contributed by atoms with van der Waals surface area (Å²) in [5, 5.41) is 2.96. The van der Waals surface area contributed by atoms with Crippen LogP contribution >= 0.6 is 11.8 Å². The number of ether oxygens (including phenoxy) is 1. The molecule has 2 aromatic carbocycles. The Hall–Kier alpha value is -2.47. The molecule has 0 unspecified atom stereocenters. The topological polar surface area (TPSA) is 58.6 Å². The molecule has 134 valence electrons. The summed E-state index contributed by atoms with van der Waals surface area (Å²) in [7, 11) is 0. The molecule has 2 heterocycles. The van der Waals surface area contributed by atoms with E-state index < -0.39 is 4.87 Å². The fourth-order valence-electron chi connectivity index (χ4n) is 3.39. The molecule has 5 nitrogen and oxygen atoms in total. The van der Waals surface area contributed by atoms with Crippen LogP contribution in [0.4, 0.5) is 5.69 Å². The normalized spacial score (nSPS) is 21.6. The summed E-state index contributed by atoms with van der Waals surface area (Å²) in [5.41, 5.74) is 1.88. The highest BCUT2D eigenvalue weighted by atomic mass is 32.2. The molecule has 2 aromatic rings. The Bertz CT molecular complexity index is 835. The molecule has 2 fully saturated rings. The van der Waals surface area contributed by atoms with E-state index in [1.165, 1.54) is 5.56 Å². The second-order valence-electron chi connectivity index (χ2n) is 6.57. The van der Waals surface area contributed by atoms with Crippen LogP contribution in [-0.2, 0) is 9.59 Å². The van der Waals surface area contributed by atoms with E-state index in [9.17, 15) is 9.59 Å². The Morgan fingerprint density at radius 1 is 1.12 bits per heavy atom. The molecule has 6 heteroatoms. The fraction of sp³-hybridized carbons (Fsp3) is 0.300. The van der Waals surface area contributed by atoms with E-state index in [-0.39, 0.29) is 11.8 Å². The van der Waals surface area contributed by atoms with Crippen LogP contribution in [0.3, 0.4) is 0 Å². The Balaban J connectivity index is 1.43. The van der Waals surface area contributed by atoms with Crippen LogP contribution in [-0.4, -0.2) is 33.9 Å². The monoisotopic (exact) mass is 368 g/mol. The smallest absolute Gasteiger partial charge is 0.260 e. The van der Waals surface area contributed by atoms with Crippen molar-refractivity contribution < 1.29 is 14.3 Å². The van der Waals surface area contributed by atoms with Gasteiger partial charge in [0.05, 0.1) is 0 Å². The molecular formula is C20H20N2O3S. The standard InChI is InChI=1S/C20H20N2O3S/c1-14-2-6-16(7-3-14)25-17-8-4-15(5-9-17)21-19(24)20-11-10-18(23)22(20)12-13-26-20/h2-9H,10-13H2,1H3,(H,21,24)/t20-/m1/s1. The Morgan fingerprint density at radius 2 is 1.77 bits per heavy atom. The summed E-state index contributed by atoms with van der Waals surface area (Å²) in [6.45, 7) is 2.68. The molecule has 2 saturated heterocycles. The molecule has 2 aliphatic heterocycles. The van der Waals surface area contributed by atoms with E-state index >= 15 is 0 Å². The minimum atomic E-state index is -0.728. The largest absolute Gasteiger partial charge is 0.457 e. The number of carbonyl (C=O) groups excluding carboxylic acids is 2. The maximum absolute atomic E-state index is 12.8. The zero-order chi connectivity index (χ0) is 18.1. The van der Waals surface area contributed by atoms with E-state index in [4.69, 9.17) is 4.74 Å². The minimum Gasteiger partial charge on any atom is -0.457 e. The van der Waals surface area contributed by atoms with Gasteiger partial charge in [-0.15, -0.1) is 11.8 Å². The maximum Gasteiger partial charge on any atom is 0.260 e. The van der Waals surface area contributed by atoms with E-state index in [2.05, 4.69) is 5.32 Å². The molecule has 0 aliphatic carbocycles. The predicted octanol–water partition coefficient (Wildman–Crippen LogP) is 3.79. The van der Waals surface area contributed by atoms with Crippen molar-refractivity contribution in [3.8, 4) is 11.5 Å². The summed E-state index contributed by atoms with van der Waals surface area (Å²) in [6, 6.07) is 15.1. The highest BCUT2D eigenvalue weighted by Crippen LogP contribution is 2.45. The van der Waals surface area contributed by atoms with Gasteiger partial charge in [0, 0.05) is 24.4 Å². The summed E-state index contributed by atoms with van der Waals surface area (Å²) in [5.74, 6) is 2.25. The van der Waals surface area contributed by atoms with Crippen LogP contribution in [0.15, 0.2) is 48.5 Å². The molecule has 0 aromatic heterocycles. The van der Waals surface area contributed by atoms with Gasteiger partial charge < -0.3 is 15.0 Å². The number of amides is 2. The predicted molar refractivity (Wildman–Crippen MR) is 102 cm³/mol. The Kier molecular flexibility index (Phi) is 4.36. The number of nitrogens with one attached hydrogen (secondary N) is 1. The van der Waals surface area contributed by atoms with E-state index in [1.54, 1.807) is 16.7 Å². The van der Waals surface area contributed by atoms with Gasteiger partial charge in [0.25, 0.3) is 5.91 Å². The van der Waals surface area contributed by atoms with Crippen molar-refractivity contribution in [2.24, 2.45) is 0 Å². The lowest BCUT2D eigenvalue weighted by atomic mass is 10.2. The van der Waals surface area contributed by atoms with Crippen molar-refractivity contribution in [2.75, 3.05) is 17.6 Å². The number of nitrogens with zero attached hydrogens (tertiary/aromatic N) is 1. The number of hydrogen-bond donors (Lipinski definition) is 1. The quantitative estimate of drug-likeness (QED) is 0.892. The minimum absolute atomic E-state index is 0.0759. The third-order valence-corrected chi connectivity index (χ3v) is 6.27. The molecule has 0 bridgehead atoms. The van der Waals surface area contributed by atoms with Gasteiger partial charge in [0.15, 0.2) is 4.87 Å². The second kappa shape index (κ2) is 6.68. The molecule has 4 rings (SSSR count). The highest BCUT2D eigenvalue weighted by Gasteiger charge is 2.54. The molecule has 2 amide bonds. The number of aryl methyl sites for hydroxylation is 1. The molecule has 2 aliphatic rings. The lowest BCUT2D eigenvalue weighted by molar-refractivity contribution is -0.133. The zero-order valence-electron chi connectivity index (χ0n) is 14.5. The Labute approximate surface area is 156 Å². The van der Waals surface area contributed by atoms with Gasteiger partial charge in [-0.1, -0.05) is 17.7 Å². The van der Waals surface area contributed by atoms with Crippen molar-refractivity contribution in [2.45, 2.75) is 24.6 Å². The zero-order valence-corrected chi connectivity index (χ0v) is 15.3. The summed E-state index contributed by atoms with van der Waals surface area (Å²) >= 11 is 1.57.